The first kappa shape index (κ1) is 11.2. The van der Waals surface area contributed by atoms with Gasteiger partial charge in [0.25, 0.3) is 0 Å². The Kier molecular flexibility index (Phi) is 2.59. The zero-order chi connectivity index (χ0) is 12.6. The van der Waals surface area contributed by atoms with Gasteiger partial charge in [0.15, 0.2) is 6.29 Å². The van der Waals surface area contributed by atoms with Crippen molar-refractivity contribution in [3.8, 4) is 11.5 Å². The number of aldehydes is 1. The van der Waals surface area contributed by atoms with Crippen LogP contribution >= 0.6 is 0 Å². The Hall–Kier alpha value is -2.30. The van der Waals surface area contributed by atoms with E-state index in [1.165, 1.54) is 19.2 Å². The molecule has 0 atom stereocenters. The molecule has 2 aromatic rings. The third kappa shape index (κ3) is 1.65. The van der Waals surface area contributed by atoms with Gasteiger partial charge in [0.05, 0.1) is 12.7 Å². The van der Waals surface area contributed by atoms with Gasteiger partial charge >= 0.3 is 5.63 Å². The number of benzene rings is 1. The molecule has 17 heavy (non-hydrogen) atoms. The summed E-state index contributed by atoms with van der Waals surface area (Å²) in [7, 11) is 1.38. The van der Waals surface area contributed by atoms with Gasteiger partial charge in [-0.3, -0.25) is 4.79 Å². The molecule has 5 nitrogen and oxygen atoms in total. The molecule has 1 heterocycles. The van der Waals surface area contributed by atoms with Crippen LogP contribution in [0.1, 0.15) is 16.1 Å². The summed E-state index contributed by atoms with van der Waals surface area (Å²) in [6.07, 6.45) is 0.583. The Morgan fingerprint density at radius 1 is 1.41 bits per heavy atom. The van der Waals surface area contributed by atoms with E-state index in [2.05, 4.69) is 0 Å². The molecule has 0 saturated heterocycles. The lowest BCUT2D eigenvalue weighted by atomic mass is 10.0. The van der Waals surface area contributed by atoms with Crippen LogP contribution < -0.4 is 10.4 Å². The van der Waals surface area contributed by atoms with Gasteiger partial charge in [0.2, 0.25) is 0 Å². The first-order valence-corrected chi connectivity index (χ1v) is 4.88. The molecular formula is C12H10O5. The number of phenolic OH excluding ortho intramolecular Hbond substituents is 1. The number of aryl methyl sites for hydroxylation is 1. The van der Waals surface area contributed by atoms with Gasteiger partial charge in [-0.05, 0) is 13.0 Å². The topological polar surface area (TPSA) is 76.7 Å². The maximum absolute atomic E-state index is 11.6. The number of hydrogen-bond acceptors (Lipinski definition) is 5. The van der Waals surface area contributed by atoms with E-state index in [4.69, 9.17) is 9.15 Å². The fourth-order valence-electron chi connectivity index (χ4n) is 1.76. The van der Waals surface area contributed by atoms with Gasteiger partial charge in [-0.25, -0.2) is 4.79 Å². The molecule has 0 fully saturated rings. The molecule has 0 aliphatic rings. The molecule has 0 saturated carbocycles. The Bertz CT molecular complexity index is 654. The van der Waals surface area contributed by atoms with E-state index < -0.39 is 5.63 Å². The predicted octanol–water partition coefficient (Wildman–Crippen LogP) is 1.63. The van der Waals surface area contributed by atoms with Crippen molar-refractivity contribution in [1.82, 2.24) is 0 Å². The van der Waals surface area contributed by atoms with Crippen LogP contribution in [0.5, 0.6) is 11.5 Å². The van der Waals surface area contributed by atoms with Crippen molar-refractivity contribution < 1.29 is 19.1 Å². The van der Waals surface area contributed by atoms with Gasteiger partial charge in [-0.15, -0.1) is 0 Å². The number of methoxy groups -OCH3 is 1. The average Bonchev–Trinajstić information content (AvgIpc) is 2.27. The molecule has 0 bridgehead atoms. The molecule has 0 unspecified atom stereocenters. The SMILES string of the molecule is COc1cc(O)c2c(=O)oc(C)cc2c1C=O. The molecule has 0 aliphatic carbocycles. The zero-order valence-electron chi connectivity index (χ0n) is 9.31. The van der Waals surface area contributed by atoms with E-state index in [-0.39, 0.29) is 22.4 Å². The number of carbonyl (C=O) groups is 1. The molecule has 0 spiro atoms. The second-order valence-electron chi connectivity index (χ2n) is 3.56. The van der Waals surface area contributed by atoms with E-state index in [9.17, 15) is 14.7 Å². The first-order valence-electron chi connectivity index (χ1n) is 4.88. The number of rotatable bonds is 2. The van der Waals surface area contributed by atoms with Crippen LogP contribution in [0, 0.1) is 6.92 Å². The summed E-state index contributed by atoms with van der Waals surface area (Å²) in [6.45, 7) is 1.59. The monoisotopic (exact) mass is 234 g/mol. The highest BCUT2D eigenvalue weighted by Gasteiger charge is 2.16. The maximum Gasteiger partial charge on any atom is 0.347 e. The van der Waals surface area contributed by atoms with Gasteiger partial charge in [0.1, 0.15) is 22.6 Å². The summed E-state index contributed by atoms with van der Waals surface area (Å²) < 4.78 is 9.85. The van der Waals surface area contributed by atoms with Crippen molar-refractivity contribution in [3.63, 3.8) is 0 Å². The van der Waals surface area contributed by atoms with Crippen LogP contribution in [-0.2, 0) is 0 Å². The van der Waals surface area contributed by atoms with Crippen LogP contribution in [0.15, 0.2) is 21.3 Å². The molecular weight excluding hydrogens is 224 g/mol. The number of ether oxygens (including phenoxy) is 1. The number of aromatic hydroxyl groups is 1. The highest BCUT2D eigenvalue weighted by Crippen LogP contribution is 2.32. The number of carbonyl (C=O) groups excluding carboxylic acids is 1. The molecule has 0 aliphatic heterocycles. The van der Waals surface area contributed by atoms with Crippen molar-refractivity contribution in [2.24, 2.45) is 0 Å². The van der Waals surface area contributed by atoms with E-state index >= 15 is 0 Å². The van der Waals surface area contributed by atoms with Crippen molar-refractivity contribution in [2.45, 2.75) is 6.92 Å². The molecule has 0 radical (unpaired) electrons. The van der Waals surface area contributed by atoms with Crippen LogP contribution in [0.2, 0.25) is 0 Å². The second-order valence-corrected chi connectivity index (χ2v) is 3.56. The lowest BCUT2D eigenvalue weighted by Gasteiger charge is -2.08. The van der Waals surface area contributed by atoms with Gasteiger partial charge in [0, 0.05) is 11.5 Å². The minimum Gasteiger partial charge on any atom is -0.507 e. The van der Waals surface area contributed by atoms with E-state index in [0.717, 1.165) is 0 Å². The Balaban J connectivity index is 3.06. The fourth-order valence-corrected chi connectivity index (χ4v) is 1.76. The summed E-state index contributed by atoms with van der Waals surface area (Å²) in [5, 5.41) is 10.0. The quantitative estimate of drug-likeness (QED) is 0.799. The molecule has 2 rings (SSSR count). The maximum atomic E-state index is 11.6. The standard InChI is InChI=1S/C12H10O5/c1-6-3-7-8(5-13)10(16-2)4-9(14)11(7)12(15)17-6/h3-5,14H,1-2H3. The van der Waals surface area contributed by atoms with Crippen LogP contribution in [0.25, 0.3) is 10.8 Å². The van der Waals surface area contributed by atoms with Crippen molar-refractivity contribution in [1.29, 1.82) is 0 Å². The van der Waals surface area contributed by atoms with E-state index in [0.29, 0.717) is 17.4 Å². The third-order valence-corrected chi connectivity index (χ3v) is 2.49. The highest BCUT2D eigenvalue weighted by molar-refractivity contribution is 6.03. The summed E-state index contributed by atoms with van der Waals surface area (Å²) in [5.74, 6) is 0.310. The smallest absolute Gasteiger partial charge is 0.347 e. The van der Waals surface area contributed by atoms with Gasteiger partial charge in [-0.2, -0.15) is 0 Å². The summed E-state index contributed by atoms with van der Waals surface area (Å²) in [6, 6.07) is 2.74. The minimum atomic E-state index is -0.678. The highest BCUT2D eigenvalue weighted by atomic mass is 16.5. The fraction of sp³-hybridized carbons (Fsp3) is 0.167. The van der Waals surface area contributed by atoms with Gasteiger partial charge < -0.3 is 14.3 Å². The van der Waals surface area contributed by atoms with Crippen molar-refractivity contribution >= 4 is 17.1 Å². The first-order chi connectivity index (χ1) is 8.08. The van der Waals surface area contributed by atoms with Crippen LogP contribution in [0.3, 0.4) is 0 Å². The predicted molar refractivity (Wildman–Crippen MR) is 60.8 cm³/mol. The van der Waals surface area contributed by atoms with Crippen molar-refractivity contribution in [2.75, 3.05) is 7.11 Å². The summed E-state index contributed by atoms with van der Waals surface area (Å²) in [5.41, 5.74) is -0.459. The largest absolute Gasteiger partial charge is 0.507 e. The normalized spacial score (nSPS) is 10.5. The lowest BCUT2D eigenvalue weighted by molar-refractivity contribution is 0.112. The third-order valence-electron chi connectivity index (χ3n) is 2.49. The molecule has 5 heteroatoms. The molecule has 1 aromatic carbocycles. The summed E-state index contributed by atoms with van der Waals surface area (Å²) >= 11 is 0. The average molecular weight is 234 g/mol. The second kappa shape index (κ2) is 3.93. The van der Waals surface area contributed by atoms with E-state index in [1.54, 1.807) is 6.92 Å². The van der Waals surface area contributed by atoms with Crippen LogP contribution in [0.4, 0.5) is 0 Å². The van der Waals surface area contributed by atoms with E-state index in [1.807, 2.05) is 0 Å². The van der Waals surface area contributed by atoms with Gasteiger partial charge in [-0.1, -0.05) is 0 Å². The Morgan fingerprint density at radius 3 is 2.71 bits per heavy atom. The minimum absolute atomic E-state index is 0.0153. The number of phenols is 1. The lowest BCUT2D eigenvalue weighted by Crippen LogP contribution is -2.03. The molecule has 1 aromatic heterocycles. The Labute approximate surface area is 96.2 Å². The van der Waals surface area contributed by atoms with Crippen molar-refractivity contribution in [3.05, 3.63) is 33.9 Å². The van der Waals surface area contributed by atoms with Crippen LogP contribution in [-0.4, -0.2) is 18.5 Å². The molecule has 88 valence electrons. The zero-order valence-corrected chi connectivity index (χ0v) is 9.31. The molecule has 0 amide bonds. The number of hydrogen-bond donors (Lipinski definition) is 1. The summed E-state index contributed by atoms with van der Waals surface area (Å²) in [4.78, 5) is 22.6. The Morgan fingerprint density at radius 2 is 2.12 bits per heavy atom. The molecule has 1 N–H and O–H groups in total. The number of fused-ring (bicyclic) bond motifs is 1.